The molecule has 1 aromatic heterocycles. The number of nitrogens with one attached hydrogen (secondary N) is 1. The predicted molar refractivity (Wildman–Crippen MR) is 135 cm³/mol. The van der Waals surface area contributed by atoms with E-state index in [1.165, 1.54) is 24.2 Å². The molecule has 1 amide bonds. The van der Waals surface area contributed by atoms with Crippen LogP contribution in [0.5, 0.6) is 0 Å². The topological polar surface area (TPSA) is 64.6 Å². The fourth-order valence-corrected chi connectivity index (χ4v) is 5.35. The number of fused-ring (bicyclic) bond motifs is 2. The molecule has 5 rings (SSSR count). The molecule has 1 N–H and O–H groups in total. The van der Waals surface area contributed by atoms with E-state index in [1.807, 2.05) is 55.1 Å². The van der Waals surface area contributed by atoms with E-state index in [0.29, 0.717) is 23.0 Å². The first-order valence-electron chi connectivity index (χ1n) is 11.3. The molecule has 0 unspecified atom stereocenters. The van der Waals surface area contributed by atoms with Crippen molar-refractivity contribution < 1.29 is 4.79 Å². The molecule has 8 heteroatoms. The van der Waals surface area contributed by atoms with Gasteiger partial charge in [0.1, 0.15) is 5.69 Å². The summed E-state index contributed by atoms with van der Waals surface area (Å²) in [5.74, 6) is 1.12. The van der Waals surface area contributed by atoms with Gasteiger partial charge in [-0.15, -0.1) is 0 Å². The van der Waals surface area contributed by atoms with Gasteiger partial charge in [0.15, 0.2) is 5.82 Å². The SMILES string of the molecule is Cc1ccc2c(c1)C(=O)N(C)c1cnc(Nc3cccc(SN4CCCCC4)c3)nc1N2C. The smallest absolute Gasteiger partial charge is 0.260 e. The van der Waals surface area contributed by atoms with E-state index < -0.39 is 0 Å². The number of carbonyl (C=O) groups is 1. The number of hydrogen-bond acceptors (Lipinski definition) is 7. The highest BCUT2D eigenvalue weighted by Crippen LogP contribution is 2.38. The van der Waals surface area contributed by atoms with Crippen molar-refractivity contribution in [3.05, 3.63) is 59.8 Å². The Morgan fingerprint density at radius 3 is 2.61 bits per heavy atom. The Bertz CT molecular complexity index is 1190. The molecule has 2 aromatic carbocycles. The van der Waals surface area contributed by atoms with Gasteiger partial charge in [0.2, 0.25) is 5.95 Å². The second-order valence-corrected chi connectivity index (χ2v) is 9.75. The van der Waals surface area contributed by atoms with Crippen molar-refractivity contribution in [1.29, 1.82) is 0 Å². The van der Waals surface area contributed by atoms with Crippen LogP contribution in [0.2, 0.25) is 0 Å². The highest BCUT2D eigenvalue weighted by molar-refractivity contribution is 7.97. The van der Waals surface area contributed by atoms with Crippen molar-refractivity contribution in [3.8, 4) is 0 Å². The number of aromatic nitrogens is 2. The monoisotopic (exact) mass is 460 g/mol. The molecule has 170 valence electrons. The maximum atomic E-state index is 13.1. The molecule has 0 aliphatic carbocycles. The standard InChI is InChI=1S/C25H28N6OS/c1-17-10-11-21-20(14-17)24(32)30(3)22-16-26-25(28-23(22)29(21)2)27-18-8-7-9-19(15-18)33-31-12-5-4-6-13-31/h7-11,14-16H,4-6,12-13H2,1-3H3,(H,26,27,28). The third kappa shape index (κ3) is 4.41. The van der Waals surface area contributed by atoms with Crippen LogP contribution >= 0.6 is 11.9 Å². The zero-order valence-electron chi connectivity index (χ0n) is 19.2. The van der Waals surface area contributed by atoms with Crippen molar-refractivity contribution in [1.82, 2.24) is 14.3 Å². The van der Waals surface area contributed by atoms with Gasteiger partial charge in [-0.2, -0.15) is 4.98 Å². The third-order valence-electron chi connectivity index (χ3n) is 6.12. The van der Waals surface area contributed by atoms with Crippen LogP contribution in [0.25, 0.3) is 0 Å². The van der Waals surface area contributed by atoms with E-state index in [-0.39, 0.29) is 5.91 Å². The lowest BCUT2D eigenvalue weighted by molar-refractivity contribution is 0.0994. The minimum absolute atomic E-state index is 0.0638. The molecule has 2 aliphatic heterocycles. The van der Waals surface area contributed by atoms with Crippen LogP contribution < -0.4 is 15.1 Å². The summed E-state index contributed by atoms with van der Waals surface area (Å²) in [6.45, 7) is 4.26. The number of piperidine rings is 1. The minimum atomic E-state index is -0.0638. The Morgan fingerprint density at radius 1 is 0.970 bits per heavy atom. The quantitative estimate of drug-likeness (QED) is 0.525. The van der Waals surface area contributed by atoms with Crippen molar-refractivity contribution in [3.63, 3.8) is 0 Å². The van der Waals surface area contributed by atoms with Crippen LogP contribution in [-0.4, -0.2) is 47.4 Å². The second-order valence-electron chi connectivity index (χ2n) is 8.58. The number of hydrogen-bond donors (Lipinski definition) is 1. The summed E-state index contributed by atoms with van der Waals surface area (Å²) in [5, 5.41) is 3.35. The Hall–Kier alpha value is -3.10. The molecular formula is C25H28N6OS. The fourth-order valence-electron chi connectivity index (χ4n) is 4.29. The number of aryl methyl sites for hydroxylation is 1. The van der Waals surface area contributed by atoms with Gasteiger partial charge in [0.05, 0.1) is 17.4 Å². The average molecular weight is 461 g/mol. The van der Waals surface area contributed by atoms with E-state index >= 15 is 0 Å². The predicted octanol–water partition coefficient (Wildman–Crippen LogP) is 5.38. The number of nitrogens with zero attached hydrogens (tertiary/aromatic N) is 5. The summed E-state index contributed by atoms with van der Waals surface area (Å²) >= 11 is 1.81. The Kier molecular flexibility index (Phi) is 5.95. The summed E-state index contributed by atoms with van der Waals surface area (Å²) in [6, 6.07) is 14.2. The molecule has 7 nitrogen and oxygen atoms in total. The van der Waals surface area contributed by atoms with Crippen molar-refractivity contribution >= 4 is 46.7 Å². The molecule has 3 aromatic rings. The van der Waals surface area contributed by atoms with Crippen LogP contribution in [0, 0.1) is 6.92 Å². The van der Waals surface area contributed by atoms with E-state index in [9.17, 15) is 4.79 Å². The summed E-state index contributed by atoms with van der Waals surface area (Å²) in [4.78, 5) is 27.2. The van der Waals surface area contributed by atoms with Gasteiger partial charge < -0.3 is 15.1 Å². The van der Waals surface area contributed by atoms with E-state index in [4.69, 9.17) is 4.98 Å². The second kappa shape index (κ2) is 9.03. The fraction of sp³-hybridized carbons (Fsp3) is 0.320. The van der Waals surface area contributed by atoms with Crippen molar-refractivity contribution in [2.24, 2.45) is 0 Å². The Balaban J connectivity index is 1.42. The molecule has 0 atom stereocenters. The average Bonchev–Trinajstić information content (AvgIpc) is 2.90. The number of rotatable bonds is 4. The lowest BCUT2D eigenvalue weighted by Crippen LogP contribution is -2.25. The third-order valence-corrected chi connectivity index (χ3v) is 7.21. The largest absolute Gasteiger partial charge is 0.327 e. The van der Waals surface area contributed by atoms with E-state index in [0.717, 1.165) is 30.0 Å². The van der Waals surface area contributed by atoms with Gasteiger partial charge in [0, 0.05) is 37.8 Å². The summed E-state index contributed by atoms with van der Waals surface area (Å²) in [7, 11) is 3.70. The summed E-state index contributed by atoms with van der Waals surface area (Å²) < 4.78 is 2.43. The summed E-state index contributed by atoms with van der Waals surface area (Å²) in [5.41, 5.74) is 4.16. The zero-order valence-corrected chi connectivity index (χ0v) is 20.0. The lowest BCUT2D eigenvalue weighted by Gasteiger charge is -2.25. The molecule has 1 fully saturated rings. The highest BCUT2D eigenvalue weighted by atomic mass is 32.2. The molecule has 0 bridgehead atoms. The first-order valence-corrected chi connectivity index (χ1v) is 12.1. The van der Waals surface area contributed by atoms with Crippen LogP contribution in [0.3, 0.4) is 0 Å². The first kappa shape index (κ1) is 21.7. The lowest BCUT2D eigenvalue weighted by atomic mass is 10.1. The van der Waals surface area contributed by atoms with Crippen molar-refractivity contribution in [2.45, 2.75) is 31.1 Å². The molecule has 33 heavy (non-hydrogen) atoms. The molecule has 0 spiro atoms. The molecule has 0 radical (unpaired) electrons. The number of amides is 1. The van der Waals surface area contributed by atoms with Gasteiger partial charge in [-0.25, -0.2) is 9.29 Å². The van der Waals surface area contributed by atoms with E-state index in [2.05, 4.69) is 32.8 Å². The van der Waals surface area contributed by atoms with E-state index in [1.54, 1.807) is 18.1 Å². The van der Waals surface area contributed by atoms with Gasteiger partial charge in [0.25, 0.3) is 5.91 Å². The van der Waals surface area contributed by atoms with Crippen LogP contribution in [0.1, 0.15) is 35.2 Å². The maximum Gasteiger partial charge on any atom is 0.260 e. The van der Waals surface area contributed by atoms with Crippen LogP contribution in [-0.2, 0) is 0 Å². The molecule has 1 saturated heterocycles. The van der Waals surface area contributed by atoms with Crippen LogP contribution in [0.4, 0.5) is 28.8 Å². The van der Waals surface area contributed by atoms with Gasteiger partial charge in [-0.1, -0.05) is 24.1 Å². The normalized spacial score (nSPS) is 16.3. The van der Waals surface area contributed by atoms with Crippen LogP contribution in [0.15, 0.2) is 53.6 Å². The van der Waals surface area contributed by atoms with Crippen molar-refractivity contribution in [2.75, 3.05) is 42.3 Å². The minimum Gasteiger partial charge on any atom is -0.327 e. The summed E-state index contributed by atoms with van der Waals surface area (Å²) in [6.07, 6.45) is 5.57. The number of carbonyl (C=O) groups excluding carboxylic acids is 1. The molecule has 2 aliphatic rings. The first-order chi connectivity index (χ1) is 16.0. The Morgan fingerprint density at radius 2 is 1.79 bits per heavy atom. The van der Waals surface area contributed by atoms with Gasteiger partial charge >= 0.3 is 0 Å². The number of benzene rings is 2. The van der Waals surface area contributed by atoms with Gasteiger partial charge in [-0.3, -0.25) is 4.79 Å². The highest BCUT2D eigenvalue weighted by Gasteiger charge is 2.29. The maximum absolute atomic E-state index is 13.1. The van der Waals surface area contributed by atoms with Gasteiger partial charge in [-0.05, 0) is 62.0 Å². The zero-order chi connectivity index (χ0) is 22.9. The molecule has 3 heterocycles. The number of anilines is 5. The molecular weight excluding hydrogens is 432 g/mol. The Labute approximate surface area is 199 Å². The molecule has 0 saturated carbocycles.